The predicted octanol–water partition coefficient (Wildman–Crippen LogP) is 0.0919. The van der Waals surface area contributed by atoms with Crippen molar-refractivity contribution in [2.45, 2.75) is 5.92 Å². The standard InChI is InChI=1S/C14H19N3O3/c1-16-6-7-17(9-13(16)18)11-4-2-10(3-5-11)12(8-15)14(19)20/h2-5,12H,6-9,15H2,1H3,(H,19,20). The van der Waals surface area contributed by atoms with Crippen molar-refractivity contribution in [1.29, 1.82) is 0 Å². The zero-order valence-corrected chi connectivity index (χ0v) is 11.5. The van der Waals surface area contributed by atoms with Gasteiger partial charge in [-0.1, -0.05) is 12.1 Å². The monoisotopic (exact) mass is 277 g/mol. The minimum absolute atomic E-state index is 0.0711. The quantitative estimate of drug-likeness (QED) is 0.814. The summed E-state index contributed by atoms with van der Waals surface area (Å²) < 4.78 is 0. The number of carbonyl (C=O) groups excluding carboxylic acids is 1. The Balaban J connectivity index is 2.12. The second-order valence-electron chi connectivity index (χ2n) is 4.95. The number of piperazine rings is 1. The van der Waals surface area contributed by atoms with Gasteiger partial charge in [-0.3, -0.25) is 9.59 Å². The molecule has 1 saturated heterocycles. The van der Waals surface area contributed by atoms with Gasteiger partial charge < -0.3 is 20.6 Å². The lowest BCUT2D eigenvalue weighted by Gasteiger charge is -2.33. The fourth-order valence-electron chi connectivity index (χ4n) is 2.28. The average molecular weight is 277 g/mol. The first-order chi connectivity index (χ1) is 9.52. The van der Waals surface area contributed by atoms with Crippen LogP contribution in [0.4, 0.5) is 5.69 Å². The molecule has 0 bridgehead atoms. The van der Waals surface area contributed by atoms with Gasteiger partial charge in [-0.15, -0.1) is 0 Å². The molecular formula is C14H19N3O3. The van der Waals surface area contributed by atoms with Crippen molar-refractivity contribution >= 4 is 17.6 Å². The van der Waals surface area contributed by atoms with Crippen molar-refractivity contribution in [2.24, 2.45) is 5.73 Å². The Morgan fingerprint density at radius 1 is 1.35 bits per heavy atom. The van der Waals surface area contributed by atoms with Gasteiger partial charge >= 0.3 is 5.97 Å². The molecule has 6 nitrogen and oxygen atoms in total. The van der Waals surface area contributed by atoms with Crippen LogP contribution in [0.5, 0.6) is 0 Å². The molecule has 0 spiro atoms. The van der Waals surface area contributed by atoms with Crippen LogP contribution in [0.15, 0.2) is 24.3 Å². The molecule has 1 fully saturated rings. The van der Waals surface area contributed by atoms with Crippen LogP contribution in [-0.4, -0.2) is 55.1 Å². The zero-order valence-electron chi connectivity index (χ0n) is 11.5. The molecule has 3 N–H and O–H groups in total. The van der Waals surface area contributed by atoms with Crippen LogP contribution in [0.1, 0.15) is 11.5 Å². The molecule has 1 heterocycles. The maximum absolute atomic E-state index is 11.7. The SMILES string of the molecule is CN1CCN(c2ccc(C(CN)C(=O)O)cc2)CC1=O. The predicted molar refractivity (Wildman–Crippen MR) is 75.7 cm³/mol. The Labute approximate surface area is 117 Å². The Bertz CT molecular complexity index is 501. The molecule has 1 atom stereocenters. The summed E-state index contributed by atoms with van der Waals surface area (Å²) >= 11 is 0. The fourth-order valence-corrected chi connectivity index (χ4v) is 2.28. The smallest absolute Gasteiger partial charge is 0.312 e. The summed E-state index contributed by atoms with van der Waals surface area (Å²) in [5.41, 5.74) is 7.09. The Morgan fingerprint density at radius 2 is 2.00 bits per heavy atom. The molecule has 1 aromatic carbocycles. The number of carbonyl (C=O) groups is 2. The number of aliphatic carboxylic acids is 1. The highest BCUT2D eigenvalue weighted by Crippen LogP contribution is 2.21. The van der Waals surface area contributed by atoms with Gasteiger partial charge in [0.25, 0.3) is 0 Å². The van der Waals surface area contributed by atoms with Gasteiger partial charge in [0, 0.05) is 32.4 Å². The van der Waals surface area contributed by atoms with Gasteiger partial charge in [0.2, 0.25) is 5.91 Å². The van der Waals surface area contributed by atoms with Crippen molar-refractivity contribution in [3.8, 4) is 0 Å². The van der Waals surface area contributed by atoms with E-state index >= 15 is 0 Å². The molecule has 108 valence electrons. The van der Waals surface area contributed by atoms with E-state index < -0.39 is 11.9 Å². The van der Waals surface area contributed by atoms with Crippen molar-refractivity contribution < 1.29 is 14.7 Å². The summed E-state index contributed by atoms with van der Waals surface area (Å²) in [7, 11) is 1.79. The van der Waals surface area contributed by atoms with Gasteiger partial charge in [0.15, 0.2) is 0 Å². The third kappa shape index (κ3) is 2.91. The molecular weight excluding hydrogens is 258 g/mol. The fraction of sp³-hybridized carbons (Fsp3) is 0.429. The van der Waals surface area contributed by atoms with E-state index in [1.807, 2.05) is 17.0 Å². The van der Waals surface area contributed by atoms with E-state index in [2.05, 4.69) is 0 Å². The highest BCUT2D eigenvalue weighted by Gasteiger charge is 2.22. The number of nitrogens with zero attached hydrogens (tertiary/aromatic N) is 2. The molecule has 20 heavy (non-hydrogen) atoms. The molecule has 1 aliphatic rings. The van der Waals surface area contributed by atoms with Gasteiger partial charge in [-0.25, -0.2) is 0 Å². The molecule has 0 radical (unpaired) electrons. The Morgan fingerprint density at radius 3 is 2.50 bits per heavy atom. The minimum Gasteiger partial charge on any atom is -0.481 e. The number of hydrogen-bond donors (Lipinski definition) is 2. The highest BCUT2D eigenvalue weighted by molar-refractivity contribution is 5.82. The molecule has 1 unspecified atom stereocenters. The van der Waals surface area contributed by atoms with E-state index in [1.54, 1.807) is 24.1 Å². The van der Waals surface area contributed by atoms with Gasteiger partial charge in [-0.05, 0) is 17.7 Å². The van der Waals surface area contributed by atoms with E-state index in [-0.39, 0.29) is 12.5 Å². The number of amides is 1. The lowest BCUT2D eigenvalue weighted by Crippen LogP contribution is -2.48. The number of anilines is 1. The van der Waals surface area contributed by atoms with Crippen LogP contribution < -0.4 is 10.6 Å². The van der Waals surface area contributed by atoms with Crippen molar-refractivity contribution in [1.82, 2.24) is 4.90 Å². The lowest BCUT2D eigenvalue weighted by molar-refractivity contribution is -0.138. The summed E-state index contributed by atoms with van der Waals surface area (Å²) in [5, 5.41) is 9.07. The number of benzene rings is 1. The number of carboxylic acid groups (broad SMARTS) is 1. The second-order valence-corrected chi connectivity index (χ2v) is 4.95. The first kappa shape index (κ1) is 14.3. The Kier molecular flexibility index (Phi) is 4.24. The van der Waals surface area contributed by atoms with E-state index in [0.717, 1.165) is 12.2 Å². The first-order valence-electron chi connectivity index (χ1n) is 6.54. The lowest BCUT2D eigenvalue weighted by atomic mass is 9.99. The summed E-state index contributed by atoms with van der Waals surface area (Å²) in [6.45, 7) is 1.90. The first-order valence-corrected chi connectivity index (χ1v) is 6.54. The topological polar surface area (TPSA) is 86.9 Å². The third-order valence-electron chi connectivity index (χ3n) is 3.65. The van der Waals surface area contributed by atoms with Gasteiger partial charge in [0.05, 0.1) is 12.5 Å². The van der Waals surface area contributed by atoms with Crippen LogP contribution >= 0.6 is 0 Å². The van der Waals surface area contributed by atoms with E-state index in [4.69, 9.17) is 10.8 Å². The van der Waals surface area contributed by atoms with Gasteiger partial charge in [0.1, 0.15) is 0 Å². The second kappa shape index (κ2) is 5.92. The highest BCUT2D eigenvalue weighted by atomic mass is 16.4. The number of hydrogen-bond acceptors (Lipinski definition) is 4. The Hall–Kier alpha value is -2.08. The number of likely N-dealkylation sites (N-methyl/N-ethyl adjacent to an activating group) is 1. The van der Waals surface area contributed by atoms with Crippen LogP contribution in [0.25, 0.3) is 0 Å². The molecule has 0 aromatic heterocycles. The molecule has 0 aliphatic carbocycles. The van der Waals surface area contributed by atoms with Crippen molar-refractivity contribution in [3.05, 3.63) is 29.8 Å². The largest absolute Gasteiger partial charge is 0.481 e. The number of carboxylic acids is 1. The van der Waals surface area contributed by atoms with Crippen molar-refractivity contribution in [3.63, 3.8) is 0 Å². The van der Waals surface area contributed by atoms with Crippen molar-refractivity contribution in [2.75, 3.05) is 38.1 Å². The average Bonchev–Trinajstić information content (AvgIpc) is 2.43. The van der Waals surface area contributed by atoms with E-state index in [1.165, 1.54) is 0 Å². The van der Waals surface area contributed by atoms with Crippen LogP contribution in [-0.2, 0) is 9.59 Å². The maximum atomic E-state index is 11.7. The summed E-state index contributed by atoms with van der Waals surface area (Å²) in [6, 6.07) is 7.23. The summed E-state index contributed by atoms with van der Waals surface area (Å²) in [4.78, 5) is 26.4. The molecule has 6 heteroatoms. The molecule has 1 amide bonds. The molecule has 1 aromatic rings. The maximum Gasteiger partial charge on any atom is 0.312 e. The minimum atomic E-state index is -0.921. The normalized spacial score (nSPS) is 17.2. The third-order valence-corrected chi connectivity index (χ3v) is 3.65. The van der Waals surface area contributed by atoms with E-state index in [9.17, 15) is 9.59 Å². The summed E-state index contributed by atoms with van der Waals surface area (Å²) in [6.07, 6.45) is 0. The molecule has 0 saturated carbocycles. The zero-order chi connectivity index (χ0) is 14.7. The molecule has 1 aliphatic heterocycles. The molecule has 2 rings (SSSR count). The van der Waals surface area contributed by atoms with Gasteiger partial charge in [-0.2, -0.15) is 0 Å². The van der Waals surface area contributed by atoms with E-state index in [0.29, 0.717) is 18.7 Å². The van der Waals surface area contributed by atoms with Crippen LogP contribution in [0, 0.1) is 0 Å². The van der Waals surface area contributed by atoms with Crippen LogP contribution in [0.3, 0.4) is 0 Å². The summed E-state index contributed by atoms with van der Waals surface area (Å²) in [5.74, 6) is -1.51. The number of nitrogens with two attached hydrogens (primary N) is 1. The number of rotatable bonds is 4. The van der Waals surface area contributed by atoms with Crippen LogP contribution in [0.2, 0.25) is 0 Å².